The standard InChI is InChI=1S/C11H16O8/c12-4-5(13)7(14)9(16)11(18)10(17)8(15)6-2-1-3-19-6/h1-3,5,7,9-14,16-18H,4H2/t5-,7-,9+,10?,11-/m1/s1. The third kappa shape index (κ3) is 3.60. The predicted molar refractivity (Wildman–Crippen MR) is 60.2 cm³/mol. The lowest BCUT2D eigenvalue weighted by atomic mass is 9.96. The van der Waals surface area contributed by atoms with Crippen molar-refractivity contribution in [3.8, 4) is 0 Å². The summed E-state index contributed by atoms with van der Waals surface area (Å²) in [6.07, 6.45) is -8.55. The maximum Gasteiger partial charge on any atom is 0.229 e. The number of aliphatic hydroxyl groups is 6. The minimum atomic E-state index is -2.05. The second-order valence-corrected chi connectivity index (χ2v) is 4.01. The van der Waals surface area contributed by atoms with Gasteiger partial charge in [0.1, 0.15) is 30.5 Å². The Hall–Kier alpha value is -1.29. The summed E-state index contributed by atoms with van der Waals surface area (Å²) in [7, 11) is 0. The predicted octanol–water partition coefficient (Wildman–Crippen LogP) is -2.74. The molecule has 1 unspecified atom stereocenters. The first-order valence-corrected chi connectivity index (χ1v) is 5.49. The van der Waals surface area contributed by atoms with Crippen molar-refractivity contribution < 1.29 is 39.9 Å². The van der Waals surface area contributed by atoms with Crippen LogP contribution in [0.4, 0.5) is 0 Å². The average Bonchev–Trinajstić information content (AvgIpc) is 2.96. The van der Waals surface area contributed by atoms with Crippen molar-refractivity contribution in [3.63, 3.8) is 0 Å². The number of hydrogen-bond donors (Lipinski definition) is 6. The van der Waals surface area contributed by atoms with Gasteiger partial charge in [-0.2, -0.15) is 0 Å². The van der Waals surface area contributed by atoms with Crippen molar-refractivity contribution in [1.29, 1.82) is 0 Å². The van der Waals surface area contributed by atoms with Crippen molar-refractivity contribution >= 4 is 5.78 Å². The van der Waals surface area contributed by atoms with Gasteiger partial charge in [0.2, 0.25) is 5.78 Å². The Morgan fingerprint density at radius 1 is 1.11 bits per heavy atom. The zero-order valence-corrected chi connectivity index (χ0v) is 9.83. The Bertz CT molecular complexity index is 389. The van der Waals surface area contributed by atoms with Gasteiger partial charge in [-0.3, -0.25) is 4.79 Å². The normalized spacial score (nSPS) is 19.5. The van der Waals surface area contributed by atoms with Crippen molar-refractivity contribution in [1.82, 2.24) is 0 Å². The van der Waals surface area contributed by atoms with Gasteiger partial charge in [0, 0.05) is 0 Å². The van der Waals surface area contributed by atoms with Crippen molar-refractivity contribution in [2.45, 2.75) is 30.5 Å². The molecule has 1 aromatic heterocycles. The van der Waals surface area contributed by atoms with E-state index < -0.39 is 42.9 Å². The number of Topliss-reactive ketones (excluding diaryl/α,β-unsaturated/α-hetero) is 1. The van der Waals surface area contributed by atoms with Gasteiger partial charge in [-0.05, 0) is 12.1 Å². The van der Waals surface area contributed by atoms with Crippen molar-refractivity contribution in [2.24, 2.45) is 0 Å². The van der Waals surface area contributed by atoms with Gasteiger partial charge < -0.3 is 35.1 Å². The number of hydrogen-bond acceptors (Lipinski definition) is 8. The largest absolute Gasteiger partial charge is 0.461 e. The van der Waals surface area contributed by atoms with E-state index in [1.54, 1.807) is 0 Å². The molecule has 8 nitrogen and oxygen atoms in total. The van der Waals surface area contributed by atoms with Crippen molar-refractivity contribution in [3.05, 3.63) is 24.2 Å². The van der Waals surface area contributed by atoms with E-state index in [0.717, 1.165) is 0 Å². The van der Waals surface area contributed by atoms with Crippen LogP contribution in [-0.2, 0) is 0 Å². The molecule has 0 aliphatic rings. The molecule has 0 bridgehead atoms. The molecule has 19 heavy (non-hydrogen) atoms. The van der Waals surface area contributed by atoms with Gasteiger partial charge in [-0.1, -0.05) is 0 Å². The molecule has 8 heteroatoms. The molecule has 0 aromatic carbocycles. The molecule has 108 valence electrons. The summed E-state index contributed by atoms with van der Waals surface area (Å²) >= 11 is 0. The van der Waals surface area contributed by atoms with E-state index in [1.165, 1.54) is 18.4 Å². The quantitative estimate of drug-likeness (QED) is 0.293. The van der Waals surface area contributed by atoms with E-state index in [0.29, 0.717) is 0 Å². The third-order valence-corrected chi connectivity index (χ3v) is 2.64. The van der Waals surface area contributed by atoms with E-state index in [4.69, 9.17) is 14.6 Å². The zero-order valence-electron chi connectivity index (χ0n) is 9.83. The second kappa shape index (κ2) is 6.75. The zero-order chi connectivity index (χ0) is 14.6. The molecule has 0 saturated carbocycles. The maximum atomic E-state index is 11.6. The van der Waals surface area contributed by atoms with E-state index in [2.05, 4.69) is 0 Å². The first-order chi connectivity index (χ1) is 8.90. The van der Waals surface area contributed by atoms with Gasteiger partial charge >= 0.3 is 0 Å². The highest BCUT2D eigenvalue weighted by atomic mass is 16.4. The van der Waals surface area contributed by atoms with E-state index in [9.17, 15) is 25.2 Å². The summed E-state index contributed by atoms with van der Waals surface area (Å²) in [5.41, 5.74) is 0. The molecular weight excluding hydrogens is 260 g/mol. The lowest BCUT2D eigenvalue weighted by molar-refractivity contribution is -0.133. The topological polar surface area (TPSA) is 152 Å². The van der Waals surface area contributed by atoms with Crippen LogP contribution in [0.1, 0.15) is 10.6 Å². The Morgan fingerprint density at radius 3 is 2.21 bits per heavy atom. The molecule has 5 atom stereocenters. The van der Waals surface area contributed by atoms with Crippen LogP contribution in [0.3, 0.4) is 0 Å². The van der Waals surface area contributed by atoms with Crippen LogP contribution in [0.5, 0.6) is 0 Å². The van der Waals surface area contributed by atoms with Crippen LogP contribution in [0.2, 0.25) is 0 Å². The summed E-state index contributed by atoms with van der Waals surface area (Å²) < 4.78 is 4.72. The van der Waals surface area contributed by atoms with Crippen molar-refractivity contribution in [2.75, 3.05) is 6.61 Å². The number of rotatable bonds is 7. The average molecular weight is 276 g/mol. The summed E-state index contributed by atoms with van der Waals surface area (Å²) in [4.78, 5) is 11.6. The lowest BCUT2D eigenvalue weighted by Gasteiger charge is -2.27. The fourth-order valence-electron chi connectivity index (χ4n) is 1.44. The fourth-order valence-corrected chi connectivity index (χ4v) is 1.44. The molecule has 1 rings (SSSR count). The summed E-state index contributed by atoms with van der Waals surface area (Å²) in [5, 5.41) is 55.6. The molecule has 1 heterocycles. The molecule has 6 N–H and O–H groups in total. The van der Waals surface area contributed by atoms with Crippen LogP contribution >= 0.6 is 0 Å². The van der Waals surface area contributed by atoms with Crippen LogP contribution < -0.4 is 0 Å². The van der Waals surface area contributed by atoms with E-state index >= 15 is 0 Å². The molecule has 0 aliphatic carbocycles. The molecule has 0 aliphatic heterocycles. The van der Waals surface area contributed by atoms with E-state index in [-0.39, 0.29) is 5.76 Å². The van der Waals surface area contributed by atoms with E-state index in [1.807, 2.05) is 0 Å². The molecule has 0 saturated heterocycles. The number of carbonyl (C=O) groups excluding carboxylic acids is 1. The van der Waals surface area contributed by atoms with Crippen LogP contribution in [0, 0.1) is 0 Å². The second-order valence-electron chi connectivity index (χ2n) is 4.01. The Balaban J connectivity index is 2.71. The van der Waals surface area contributed by atoms with Gasteiger partial charge in [-0.15, -0.1) is 0 Å². The lowest BCUT2D eigenvalue weighted by Crippen LogP contribution is -2.51. The monoisotopic (exact) mass is 276 g/mol. The Labute approximate surface area is 108 Å². The highest BCUT2D eigenvalue weighted by Crippen LogP contribution is 2.13. The number of furan rings is 1. The third-order valence-electron chi connectivity index (χ3n) is 2.64. The fraction of sp³-hybridized carbons (Fsp3) is 0.545. The highest BCUT2D eigenvalue weighted by molar-refractivity contribution is 5.97. The first kappa shape index (κ1) is 15.8. The van der Waals surface area contributed by atoms with Crippen LogP contribution in [0.25, 0.3) is 0 Å². The summed E-state index contributed by atoms with van der Waals surface area (Å²) in [6.45, 7) is -0.854. The highest BCUT2D eigenvalue weighted by Gasteiger charge is 2.37. The number of carbonyl (C=O) groups is 1. The minimum Gasteiger partial charge on any atom is -0.461 e. The molecule has 0 fully saturated rings. The van der Waals surface area contributed by atoms with Gasteiger partial charge in [0.15, 0.2) is 5.76 Å². The number of aliphatic hydroxyl groups excluding tert-OH is 6. The number of ketones is 1. The molecular formula is C11H16O8. The maximum absolute atomic E-state index is 11.6. The van der Waals surface area contributed by atoms with Crippen LogP contribution in [-0.4, -0.2) is 73.5 Å². The molecule has 0 spiro atoms. The molecule has 1 aromatic rings. The molecule has 0 amide bonds. The summed E-state index contributed by atoms with van der Waals surface area (Å²) in [6, 6.07) is 2.65. The van der Waals surface area contributed by atoms with Gasteiger partial charge in [0.25, 0.3) is 0 Å². The van der Waals surface area contributed by atoms with Gasteiger partial charge in [-0.25, -0.2) is 0 Å². The van der Waals surface area contributed by atoms with Gasteiger partial charge in [0.05, 0.1) is 12.9 Å². The smallest absolute Gasteiger partial charge is 0.229 e. The SMILES string of the molecule is O=C(c1ccco1)C(O)[C@H](O)[C@@H](O)[C@H](O)[C@H](O)CO. The molecule has 0 radical (unpaired) electrons. The first-order valence-electron chi connectivity index (χ1n) is 5.49. The minimum absolute atomic E-state index is 0.226. The van der Waals surface area contributed by atoms with Crippen LogP contribution in [0.15, 0.2) is 22.8 Å². The Morgan fingerprint density at radius 2 is 1.74 bits per heavy atom. The Kier molecular flexibility index (Phi) is 5.60. The summed E-state index contributed by atoms with van der Waals surface area (Å²) in [5.74, 6) is -1.21.